The van der Waals surface area contributed by atoms with Crippen molar-refractivity contribution >= 4 is 17.5 Å². The quantitative estimate of drug-likeness (QED) is 0.426. The molecule has 0 aliphatic carbocycles. The van der Waals surface area contributed by atoms with Crippen molar-refractivity contribution in [1.29, 1.82) is 0 Å². The molecular weight excluding hydrogens is 436 g/mol. The van der Waals surface area contributed by atoms with Crippen molar-refractivity contribution in [2.24, 2.45) is 11.3 Å². The second kappa shape index (κ2) is 10.1. The third-order valence-corrected chi connectivity index (χ3v) is 6.34. The molecule has 1 unspecified atom stereocenters. The van der Waals surface area contributed by atoms with Gasteiger partial charge in [0.05, 0.1) is 0 Å². The van der Waals surface area contributed by atoms with Crippen LogP contribution in [0.4, 0.5) is 5.69 Å². The van der Waals surface area contributed by atoms with E-state index >= 15 is 0 Å². The topological polar surface area (TPSA) is 62.6 Å². The van der Waals surface area contributed by atoms with Gasteiger partial charge in [-0.3, -0.25) is 9.59 Å². The van der Waals surface area contributed by atoms with E-state index < -0.39 is 0 Å². The average Bonchev–Trinajstić information content (AvgIpc) is 3.21. The normalized spacial score (nSPS) is 14.4. The zero-order valence-corrected chi connectivity index (χ0v) is 21.5. The maximum absolute atomic E-state index is 13.0. The van der Waals surface area contributed by atoms with E-state index in [9.17, 15) is 9.59 Å². The minimum absolute atomic E-state index is 0.0305. The summed E-state index contributed by atoms with van der Waals surface area (Å²) in [6, 6.07) is 17.5. The number of amides is 2. The Morgan fingerprint density at radius 3 is 2.60 bits per heavy atom. The fourth-order valence-corrected chi connectivity index (χ4v) is 5.01. The van der Waals surface area contributed by atoms with Gasteiger partial charge in [-0.05, 0) is 55.0 Å². The molecule has 0 bridgehead atoms. The summed E-state index contributed by atoms with van der Waals surface area (Å²) in [5.41, 5.74) is 4.72. The van der Waals surface area contributed by atoms with Crippen molar-refractivity contribution in [1.82, 2.24) is 4.90 Å². The van der Waals surface area contributed by atoms with Gasteiger partial charge in [-0.25, -0.2) is 0 Å². The molecule has 1 aliphatic rings. The van der Waals surface area contributed by atoms with Crippen molar-refractivity contribution in [2.75, 3.05) is 11.9 Å². The number of aryl methyl sites for hydroxylation is 1. The number of fused-ring (bicyclic) bond motifs is 1. The first-order chi connectivity index (χ1) is 16.6. The molecule has 0 spiro atoms. The van der Waals surface area contributed by atoms with E-state index in [4.69, 9.17) is 4.42 Å². The molecule has 184 valence electrons. The van der Waals surface area contributed by atoms with Gasteiger partial charge in [0, 0.05) is 48.3 Å². The van der Waals surface area contributed by atoms with Crippen LogP contribution in [-0.2, 0) is 17.8 Å². The van der Waals surface area contributed by atoms with Gasteiger partial charge in [-0.2, -0.15) is 0 Å². The first-order valence-electron chi connectivity index (χ1n) is 12.5. The smallest absolute Gasteiger partial charge is 0.254 e. The molecule has 0 radical (unpaired) electrons. The Hall–Kier alpha value is -3.34. The minimum atomic E-state index is 0.0305. The molecule has 5 nitrogen and oxygen atoms in total. The molecule has 4 rings (SSSR count). The van der Waals surface area contributed by atoms with Gasteiger partial charge in [0.25, 0.3) is 5.91 Å². The highest BCUT2D eigenvalue weighted by molar-refractivity contribution is 5.94. The Balaban J connectivity index is 1.43. The van der Waals surface area contributed by atoms with Gasteiger partial charge in [-0.15, -0.1) is 0 Å². The van der Waals surface area contributed by atoms with Gasteiger partial charge >= 0.3 is 0 Å². The summed E-state index contributed by atoms with van der Waals surface area (Å²) in [6.45, 7) is 11.9. The Kier molecular flexibility index (Phi) is 7.15. The van der Waals surface area contributed by atoms with Crippen molar-refractivity contribution in [3.8, 4) is 11.3 Å². The predicted octanol–water partition coefficient (Wildman–Crippen LogP) is 6.85. The second-order valence-electron chi connectivity index (χ2n) is 11.1. The first kappa shape index (κ1) is 24.8. The number of hydrogen-bond donors (Lipinski definition) is 1. The Bertz CT molecular complexity index is 1220. The van der Waals surface area contributed by atoms with Crippen LogP contribution in [0.1, 0.15) is 67.8 Å². The van der Waals surface area contributed by atoms with E-state index in [1.54, 1.807) is 0 Å². The molecule has 0 fully saturated rings. The van der Waals surface area contributed by atoms with Crippen LogP contribution in [0.5, 0.6) is 0 Å². The SMILES string of the molecule is Cc1cccc(C(=O)N2CCc3oc(-c4cccc(NC(=O)CC(C)CC(C)(C)C)c4)cc3C2)c1. The molecule has 0 saturated carbocycles. The van der Waals surface area contributed by atoms with E-state index in [0.717, 1.165) is 45.9 Å². The number of carbonyl (C=O) groups excluding carboxylic acids is 2. The predicted molar refractivity (Wildman–Crippen MR) is 140 cm³/mol. The number of benzene rings is 2. The molecular formula is C30H36N2O3. The molecule has 3 aromatic rings. The van der Waals surface area contributed by atoms with Crippen LogP contribution in [0.3, 0.4) is 0 Å². The molecule has 35 heavy (non-hydrogen) atoms. The van der Waals surface area contributed by atoms with Gasteiger partial charge in [0.1, 0.15) is 11.5 Å². The molecule has 2 aromatic carbocycles. The Morgan fingerprint density at radius 2 is 1.86 bits per heavy atom. The highest BCUT2D eigenvalue weighted by Gasteiger charge is 2.25. The maximum Gasteiger partial charge on any atom is 0.254 e. The van der Waals surface area contributed by atoms with Crippen LogP contribution >= 0.6 is 0 Å². The number of nitrogens with zero attached hydrogens (tertiary/aromatic N) is 1. The number of furan rings is 1. The van der Waals surface area contributed by atoms with E-state index in [0.29, 0.717) is 31.8 Å². The van der Waals surface area contributed by atoms with Crippen LogP contribution < -0.4 is 5.32 Å². The lowest BCUT2D eigenvalue weighted by atomic mass is 9.84. The maximum atomic E-state index is 13.0. The van der Waals surface area contributed by atoms with Gasteiger partial charge < -0.3 is 14.6 Å². The lowest BCUT2D eigenvalue weighted by Gasteiger charge is -2.26. The van der Waals surface area contributed by atoms with Gasteiger partial charge in [0.2, 0.25) is 5.91 Å². The molecule has 2 amide bonds. The van der Waals surface area contributed by atoms with E-state index in [-0.39, 0.29) is 17.2 Å². The molecule has 5 heteroatoms. The number of rotatable bonds is 6. The summed E-state index contributed by atoms with van der Waals surface area (Å²) in [5, 5.41) is 3.04. The summed E-state index contributed by atoms with van der Waals surface area (Å²) in [4.78, 5) is 27.5. The average molecular weight is 473 g/mol. The molecule has 1 N–H and O–H groups in total. The summed E-state index contributed by atoms with van der Waals surface area (Å²) in [5.74, 6) is 2.09. The number of nitrogens with one attached hydrogen (secondary N) is 1. The summed E-state index contributed by atoms with van der Waals surface area (Å²) in [6.07, 6.45) is 2.19. The van der Waals surface area contributed by atoms with E-state index in [1.165, 1.54) is 0 Å². The van der Waals surface area contributed by atoms with Crippen LogP contribution in [0, 0.1) is 18.3 Å². The van der Waals surface area contributed by atoms with Crippen LogP contribution in [0.25, 0.3) is 11.3 Å². The minimum Gasteiger partial charge on any atom is -0.461 e. The highest BCUT2D eigenvalue weighted by Crippen LogP contribution is 2.32. The van der Waals surface area contributed by atoms with Crippen molar-refractivity contribution in [2.45, 2.75) is 60.4 Å². The lowest BCUT2D eigenvalue weighted by molar-refractivity contribution is -0.117. The molecule has 2 heterocycles. The molecule has 1 atom stereocenters. The number of hydrogen-bond acceptors (Lipinski definition) is 3. The van der Waals surface area contributed by atoms with Crippen molar-refractivity contribution in [3.63, 3.8) is 0 Å². The van der Waals surface area contributed by atoms with Crippen molar-refractivity contribution < 1.29 is 14.0 Å². The Morgan fingerprint density at radius 1 is 1.09 bits per heavy atom. The standard InChI is InChI=1S/C30H36N2O3/c1-20-8-6-10-23(14-20)29(34)32-13-12-26-24(19-32)17-27(35-26)22-9-7-11-25(16-22)31-28(33)15-21(2)18-30(3,4)5/h6-11,14,16-17,21H,12-13,15,18-19H2,1-5H3,(H,31,33). The van der Waals surface area contributed by atoms with Crippen LogP contribution in [-0.4, -0.2) is 23.3 Å². The largest absolute Gasteiger partial charge is 0.461 e. The third-order valence-electron chi connectivity index (χ3n) is 6.34. The van der Waals surface area contributed by atoms with Gasteiger partial charge in [-0.1, -0.05) is 57.5 Å². The fraction of sp³-hybridized carbons (Fsp3) is 0.400. The van der Waals surface area contributed by atoms with Crippen molar-refractivity contribution in [3.05, 3.63) is 77.0 Å². The van der Waals surface area contributed by atoms with Gasteiger partial charge in [0.15, 0.2) is 0 Å². The van der Waals surface area contributed by atoms with Crippen LogP contribution in [0.15, 0.2) is 59.0 Å². The lowest BCUT2D eigenvalue weighted by Crippen LogP contribution is -2.35. The highest BCUT2D eigenvalue weighted by atomic mass is 16.3. The van der Waals surface area contributed by atoms with Crippen LogP contribution in [0.2, 0.25) is 0 Å². The number of anilines is 1. The fourth-order valence-electron chi connectivity index (χ4n) is 5.01. The molecule has 0 saturated heterocycles. The molecule has 1 aromatic heterocycles. The second-order valence-corrected chi connectivity index (χ2v) is 11.1. The van der Waals surface area contributed by atoms with E-state index in [1.807, 2.05) is 66.4 Å². The zero-order valence-electron chi connectivity index (χ0n) is 21.5. The summed E-state index contributed by atoms with van der Waals surface area (Å²) >= 11 is 0. The number of carbonyl (C=O) groups is 2. The summed E-state index contributed by atoms with van der Waals surface area (Å²) in [7, 11) is 0. The Labute approximate surface area is 208 Å². The van der Waals surface area contributed by atoms with E-state index in [2.05, 4.69) is 33.0 Å². The monoisotopic (exact) mass is 472 g/mol. The third kappa shape index (κ3) is 6.41. The zero-order chi connectivity index (χ0) is 25.2. The molecule has 1 aliphatic heterocycles. The first-order valence-corrected chi connectivity index (χ1v) is 12.5. The summed E-state index contributed by atoms with van der Waals surface area (Å²) < 4.78 is 6.17.